The standard InChI is InChI=1S/C22H27NO3/c1-2-25-21-13-12-18(22(24)23-14-8-3-4-9-15-23)16-19(21)17-26-20-10-6-5-7-11-20/h5-7,10-13,16H,2-4,8-9,14-15,17H2,1H3. The van der Waals surface area contributed by atoms with Gasteiger partial charge in [0.2, 0.25) is 0 Å². The van der Waals surface area contributed by atoms with Gasteiger partial charge in [0.1, 0.15) is 18.1 Å². The Bertz CT molecular complexity index is 707. The number of amides is 1. The Morgan fingerprint density at radius 2 is 1.69 bits per heavy atom. The van der Waals surface area contributed by atoms with Crippen molar-refractivity contribution in [1.82, 2.24) is 4.90 Å². The first-order valence-corrected chi connectivity index (χ1v) is 9.51. The van der Waals surface area contributed by atoms with Crippen LogP contribution in [0.2, 0.25) is 0 Å². The molecule has 2 aromatic rings. The highest BCUT2D eigenvalue weighted by atomic mass is 16.5. The van der Waals surface area contributed by atoms with Crippen molar-refractivity contribution in [3.05, 3.63) is 59.7 Å². The van der Waals surface area contributed by atoms with E-state index in [1.807, 2.05) is 60.4 Å². The number of para-hydroxylation sites is 1. The van der Waals surface area contributed by atoms with E-state index >= 15 is 0 Å². The molecular weight excluding hydrogens is 326 g/mol. The van der Waals surface area contributed by atoms with Crippen LogP contribution in [0.3, 0.4) is 0 Å². The van der Waals surface area contributed by atoms with E-state index in [1.54, 1.807) is 0 Å². The summed E-state index contributed by atoms with van der Waals surface area (Å²) in [6, 6.07) is 15.4. The van der Waals surface area contributed by atoms with Gasteiger partial charge in [-0.25, -0.2) is 0 Å². The maximum Gasteiger partial charge on any atom is 0.253 e. The van der Waals surface area contributed by atoms with E-state index in [2.05, 4.69) is 0 Å². The molecule has 0 spiro atoms. The molecule has 26 heavy (non-hydrogen) atoms. The van der Waals surface area contributed by atoms with E-state index < -0.39 is 0 Å². The van der Waals surface area contributed by atoms with E-state index in [0.717, 1.165) is 43.0 Å². The monoisotopic (exact) mass is 353 g/mol. The number of nitrogens with zero attached hydrogens (tertiary/aromatic N) is 1. The first-order chi connectivity index (χ1) is 12.8. The highest BCUT2D eigenvalue weighted by molar-refractivity contribution is 5.94. The third kappa shape index (κ3) is 4.78. The molecule has 2 aromatic carbocycles. The summed E-state index contributed by atoms with van der Waals surface area (Å²) in [4.78, 5) is 14.9. The van der Waals surface area contributed by atoms with Crippen LogP contribution in [0.1, 0.15) is 48.5 Å². The predicted octanol–water partition coefficient (Wildman–Crippen LogP) is 4.68. The Labute approximate surface area is 155 Å². The summed E-state index contributed by atoms with van der Waals surface area (Å²) in [6.45, 7) is 4.61. The van der Waals surface area contributed by atoms with Crippen LogP contribution in [0.5, 0.6) is 11.5 Å². The first-order valence-electron chi connectivity index (χ1n) is 9.51. The number of rotatable bonds is 6. The fourth-order valence-corrected chi connectivity index (χ4v) is 3.26. The molecule has 4 heteroatoms. The molecule has 1 aliphatic rings. The van der Waals surface area contributed by atoms with Crippen molar-refractivity contribution in [2.75, 3.05) is 19.7 Å². The molecule has 0 aliphatic carbocycles. The van der Waals surface area contributed by atoms with Gasteiger partial charge in [-0.3, -0.25) is 4.79 Å². The van der Waals surface area contributed by atoms with E-state index in [0.29, 0.717) is 18.8 Å². The van der Waals surface area contributed by atoms with Crippen LogP contribution in [0.4, 0.5) is 0 Å². The summed E-state index contributed by atoms with van der Waals surface area (Å²) in [7, 11) is 0. The van der Waals surface area contributed by atoms with Crippen LogP contribution in [-0.2, 0) is 6.61 Å². The average Bonchev–Trinajstić information content (AvgIpc) is 2.97. The molecule has 1 heterocycles. The van der Waals surface area contributed by atoms with Gasteiger partial charge in [0.15, 0.2) is 0 Å². The second-order valence-corrected chi connectivity index (χ2v) is 6.56. The molecule has 3 rings (SSSR count). The maximum atomic E-state index is 12.9. The quantitative estimate of drug-likeness (QED) is 0.757. The number of carbonyl (C=O) groups excluding carboxylic acids is 1. The number of benzene rings is 2. The van der Waals surface area contributed by atoms with Gasteiger partial charge >= 0.3 is 0 Å². The van der Waals surface area contributed by atoms with E-state index in [1.165, 1.54) is 12.8 Å². The molecule has 1 amide bonds. The summed E-state index contributed by atoms with van der Waals surface area (Å²) in [6.07, 6.45) is 4.60. The predicted molar refractivity (Wildman–Crippen MR) is 103 cm³/mol. The van der Waals surface area contributed by atoms with Crippen molar-refractivity contribution in [3.63, 3.8) is 0 Å². The third-order valence-electron chi connectivity index (χ3n) is 4.64. The van der Waals surface area contributed by atoms with Crippen LogP contribution in [0, 0.1) is 0 Å². The van der Waals surface area contributed by atoms with Gasteiger partial charge in [0, 0.05) is 24.2 Å². The lowest BCUT2D eigenvalue weighted by molar-refractivity contribution is 0.0761. The molecule has 0 unspecified atom stereocenters. The number of ether oxygens (including phenoxy) is 2. The second-order valence-electron chi connectivity index (χ2n) is 6.56. The lowest BCUT2D eigenvalue weighted by Gasteiger charge is -2.21. The van der Waals surface area contributed by atoms with E-state index in [9.17, 15) is 4.79 Å². The minimum absolute atomic E-state index is 0.107. The van der Waals surface area contributed by atoms with Gasteiger partial charge in [0.25, 0.3) is 5.91 Å². The molecule has 0 radical (unpaired) electrons. The lowest BCUT2D eigenvalue weighted by atomic mass is 10.1. The zero-order valence-electron chi connectivity index (χ0n) is 15.4. The Kier molecular flexibility index (Phi) is 6.53. The molecule has 1 fully saturated rings. The summed E-state index contributed by atoms with van der Waals surface area (Å²) < 4.78 is 11.6. The van der Waals surface area contributed by atoms with Crippen molar-refractivity contribution in [3.8, 4) is 11.5 Å². The van der Waals surface area contributed by atoms with Crippen LogP contribution in [0.25, 0.3) is 0 Å². The first kappa shape index (κ1) is 18.3. The molecular formula is C22H27NO3. The molecule has 0 atom stereocenters. The van der Waals surface area contributed by atoms with Crippen molar-refractivity contribution in [2.45, 2.75) is 39.2 Å². The third-order valence-corrected chi connectivity index (χ3v) is 4.64. The zero-order chi connectivity index (χ0) is 18.2. The fourth-order valence-electron chi connectivity index (χ4n) is 3.26. The Morgan fingerprint density at radius 1 is 0.962 bits per heavy atom. The Morgan fingerprint density at radius 3 is 2.38 bits per heavy atom. The molecule has 138 valence electrons. The summed E-state index contributed by atoms with van der Waals surface area (Å²) in [5, 5.41) is 0. The number of likely N-dealkylation sites (tertiary alicyclic amines) is 1. The summed E-state index contributed by atoms with van der Waals surface area (Å²) in [5.74, 6) is 1.69. The van der Waals surface area contributed by atoms with Crippen LogP contribution >= 0.6 is 0 Å². The van der Waals surface area contributed by atoms with E-state index in [-0.39, 0.29) is 5.91 Å². The number of hydrogen-bond acceptors (Lipinski definition) is 3. The highest BCUT2D eigenvalue weighted by Gasteiger charge is 2.19. The maximum absolute atomic E-state index is 12.9. The molecule has 0 saturated carbocycles. The topological polar surface area (TPSA) is 38.8 Å². The van der Waals surface area contributed by atoms with Gasteiger partial charge in [-0.15, -0.1) is 0 Å². The molecule has 0 N–H and O–H groups in total. The SMILES string of the molecule is CCOc1ccc(C(=O)N2CCCCCC2)cc1COc1ccccc1. The number of hydrogen-bond donors (Lipinski definition) is 0. The zero-order valence-corrected chi connectivity index (χ0v) is 15.4. The van der Waals surface area contributed by atoms with Crippen LogP contribution in [0.15, 0.2) is 48.5 Å². The minimum atomic E-state index is 0.107. The van der Waals surface area contributed by atoms with Gasteiger partial charge in [0.05, 0.1) is 6.61 Å². The Balaban J connectivity index is 1.77. The van der Waals surface area contributed by atoms with E-state index in [4.69, 9.17) is 9.47 Å². The minimum Gasteiger partial charge on any atom is -0.493 e. The van der Waals surface area contributed by atoms with Gasteiger partial charge in [-0.2, -0.15) is 0 Å². The van der Waals surface area contributed by atoms with Crippen LogP contribution < -0.4 is 9.47 Å². The lowest BCUT2D eigenvalue weighted by Crippen LogP contribution is -2.31. The molecule has 0 aromatic heterocycles. The molecule has 0 bridgehead atoms. The summed E-state index contributed by atoms with van der Waals surface area (Å²) >= 11 is 0. The summed E-state index contributed by atoms with van der Waals surface area (Å²) in [5.41, 5.74) is 1.61. The Hall–Kier alpha value is -2.49. The molecule has 1 aliphatic heterocycles. The van der Waals surface area contributed by atoms with Crippen molar-refractivity contribution < 1.29 is 14.3 Å². The molecule has 1 saturated heterocycles. The largest absolute Gasteiger partial charge is 0.493 e. The smallest absolute Gasteiger partial charge is 0.253 e. The highest BCUT2D eigenvalue weighted by Crippen LogP contribution is 2.24. The normalized spacial score (nSPS) is 14.6. The van der Waals surface area contributed by atoms with Crippen molar-refractivity contribution >= 4 is 5.91 Å². The van der Waals surface area contributed by atoms with Crippen molar-refractivity contribution in [1.29, 1.82) is 0 Å². The van der Waals surface area contributed by atoms with Crippen LogP contribution in [-0.4, -0.2) is 30.5 Å². The van der Waals surface area contributed by atoms with Gasteiger partial charge in [-0.1, -0.05) is 31.0 Å². The fraction of sp³-hybridized carbons (Fsp3) is 0.409. The van der Waals surface area contributed by atoms with Gasteiger partial charge in [-0.05, 0) is 50.1 Å². The second kappa shape index (κ2) is 9.27. The molecule has 4 nitrogen and oxygen atoms in total. The average molecular weight is 353 g/mol. The number of carbonyl (C=O) groups is 1. The van der Waals surface area contributed by atoms with Crippen molar-refractivity contribution in [2.24, 2.45) is 0 Å². The van der Waals surface area contributed by atoms with Gasteiger partial charge < -0.3 is 14.4 Å².